The first-order valence-corrected chi connectivity index (χ1v) is 12.1. The molecule has 2 rings (SSSR count). The zero-order chi connectivity index (χ0) is 22.9. The van der Waals surface area contributed by atoms with E-state index in [1.165, 1.54) is 38.5 Å². The Balaban J connectivity index is 1.73. The van der Waals surface area contributed by atoms with Crippen molar-refractivity contribution < 1.29 is 14.3 Å². The molecule has 0 unspecified atom stereocenters. The Hall–Kier alpha value is -2.81. The first-order valence-electron chi connectivity index (χ1n) is 12.1. The topological polar surface area (TPSA) is 35.5 Å². The molecule has 0 atom stereocenters. The van der Waals surface area contributed by atoms with E-state index in [4.69, 9.17) is 9.47 Å². The van der Waals surface area contributed by atoms with Gasteiger partial charge in [-0.25, -0.2) is 0 Å². The number of benzene rings is 2. The van der Waals surface area contributed by atoms with Gasteiger partial charge in [0.1, 0.15) is 11.5 Å². The van der Waals surface area contributed by atoms with E-state index < -0.39 is 0 Å². The van der Waals surface area contributed by atoms with Crippen LogP contribution in [0.15, 0.2) is 60.7 Å². The number of ether oxygens (including phenoxy) is 2. The number of hydrogen-bond donors (Lipinski definition) is 0. The first kappa shape index (κ1) is 25.5. The monoisotopic (exact) mass is 434 g/mol. The normalized spacial score (nSPS) is 11.3. The summed E-state index contributed by atoms with van der Waals surface area (Å²) in [5, 5.41) is 0. The number of hydrogen-bond acceptors (Lipinski definition) is 3. The summed E-state index contributed by atoms with van der Waals surface area (Å²) in [5.74, 6) is 1.70. The maximum atomic E-state index is 12.2. The molecule has 172 valence electrons. The van der Waals surface area contributed by atoms with E-state index >= 15 is 0 Å². The molecule has 0 saturated carbocycles. The highest BCUT2D eigenvalue weighted by Crippen LogP contribution is 2.15. The van der Waals surface area contributed by atoms with Crippen molar-refractivity contribution in [2.75, 3.05) is 13.2 Å². The average molecular weight is 435 g/mol. The lowest BCUT2D eigenvalue weighted by atomic mass is 10.1. The van der Waals surface area contributed by atoms with Crippen molar-refractivity contribution >= 4 is 17.9 Å². The van der Waals surface area contributed by atoms with Gasteiger partial charge in [-0.05, 0) is 60.4 Å². The van der Waals surface area contributed by atoms with Crippen LogP contribution in [0, 0.1) is 0 Å². The van der Waals surface area contributed by atoms with Crippen LogP contribution in [0.3, 0.4) is 0 Å². The first-order chi connectivity index (χ1) is 15.7. The van der Waals surface area contributed by atoms with Gasteiger partial charge in [0, 0.05) is 0 Å². The van der Waals surface area contributed by atoms with Crippen LogP contribution in [0.25, 0.3) is 12.2 Å². The van der Waals surface area contributed by atoms with Crippen molar-refractivity contribution in [1.29, 1.82) is 0 Å². The summed E-state index contributed by atoms with van der Waals surface area (Å²) in [7, 11) is 0. The SMILES string of the molecule is CCCCCCOc1ccc(C=CC(=O)C=Cc2ccc(OCCCCCC)cc2)cc1. The summed E-state index contributed by atoms with van der Waals surface area (Å²) in [6.07, 6.45) is 16.4. The smallest absolute Gasteiger partial charge is 0.178 e. The van der Waals surface area contributed by atoms with Gasteiger partial charge in [-0.15, -0.1) is 0 Å². The minimum Gasteiger partial charge on any atom is -0.494 e. The summed E-state index contributed by atoms with van der Waals surface area (Å²) in [6.45, 7) is 5.92. The number of carbonyl (C=O) groups is 1. The van der Waals surface area contributed by atoms with Gasteiger partial charge in [0.15, 0.2) is 5.78 Å². The van der Waals surface area contributed by atoms with Gasteiger partial charge in [0.05, 0.1) is 13.2 Å². The van der Waals surface area contributed by atoms with Gasteiger partial charge >= 0.3 is 0 Å². The van der Waals surface area contributed by atoms with Gasteiger partial charge in [0.25, 0.3) is 0 Å². The number of unbranched alkanes of at least 4 members (excludes halogenated alkanes) is 6. The Bertz CT molecular complexity index is 747. The summed E-state index contributed by atoms with van der Waals surface area (Å²) in [5.41, 5.74) is 1.95. The number of allylic oxidation sites excluding steroid dienone is 2. The fourth-order valence-corrected chi connectivity index (χ4v) is 3.20. The maximum absolute atomic E-state index is 12.2. The Morgan fingerprint density at radius 1 is 0.625 bits per heavy atom. The molecule has 0 amide bonds. The average Bonchev–Trinajstić information content (AvgIpc) is 2.82. The second-order valence-corrected chi connectivity index (χ2v) is 8.03. The molecule has 0 fully saturated rings. The van der Waals surface area contributed by atoms with E-state index in [-0.39, 0.29) is 5.78 Å². The quantitative estimate of drug-likeness (QED) is 0.199. The van der Waals surface area contributed by atoms with Crippen molar-refractivity contribution in [1.82, 2.24) is 0 Å². The summed E-state index contributed by atoms with van der Waals surface area (Å²) < 4.78 is 11.5. The molecule has 32 heavy (non-hydrogen) atoms. The Kier molecular flexibility index (Phi) is 12.7. The van der Waals surface area contributed by atoms with Crippen LogP contribution in [0.5, 0.6) is 11.5 Å². The summed E-state index contributed by atoms with van der Waals surface area (Å²) in [4.78, 5) is 12.2. The highest BCUT2D eigenvalue weighted by molar-refractivity contribution is 6.04. The maximum Gasteiger partial charge on any atom is 0.178 e. The molecular formula is C29H38O3. The molecule has 0 aliphatic heterocycles. The molecule has 0 spiro atoms. The van der Waals surface area contributed by atoms with Gasteiger partial charge in [0.2, 0.25) is 0 Å². The molecule has 0 radical (unpaired) electrons. The predicted molar refractivity (Wildman–Crippen MR) is 135 cm³/mol. The van der Waals surface area contributed by atoms with Crippen molar-refractivity contribution in [3.63, 3.8) is 0 Å². The van der Waals surface area contributed by atoms with Gasteiger partial charge in [-0.1, -0.05) is 88.8 Å². The summed E-state index contributed by atoms with van der Waals surface area (Å²) >= 11 is 0. The fraction of sp³-hybridized carbons (Fsp3) is 0.414. The van der Waals surface area contributed by atoms with Crippen LogP contribution >= 0.6 is 0 Å². The van der Waals surface area contributed by atoms with Crippen LogP contribution in [-0.4, -0.2) is 19.0 Å². The second kappa shape index (κ2) is 15.9. The standard InChI is InChI=1S/C29H38O3/c1-3-5-7-9-23-31-28-19-13-25(14-20-28)11-17-27(30)18-12-26-15-21-29(22-16-26)32-24-10-8-6-4-2/h11-22H,3-10,23-24H2,1-2H3. The van der Waals surface area contributed by atoms with E-state index in [0.29, 0.717) is 0 Å². The lowest BCUT2D eigenvalue weighted by Gasteiger charge is -2.06. The van der Waals surface area contributed by atoms with E-state index in [9.17, 15) is 4.79 Å². The molecule has 0 N–H and O–H groups in total. The Labute approximate surface area is 194 Å². The number of ketones is 1. The molecule has 3 nitrogen and oxygen atoms in total. The van der Waals surface area contributed by atoms with Gasteiger partial charge in [-0.3, -0.25) is 4.79 Å². The lowest BCUT2D eigenvalue weighted by Crippen LogP contribution is -1.97. The molecular weight excluding hydrogens is 396 g/mol. The molecule has 0 aliphatic rings. The van der Waals surface area contributed by atoms with E-state index in [2.05, 4.69) is 13.8 Å². The third kappa shape index (κ3) is 11.0. The largest absolute Gasteiger partial charge is 0.494 e. The number of carbonyl (C=O) groups excluding carboxylic acids is 1. The van der Waals surface area contributed by atoms with Crippen LogP contribution in [-0.2, 0) is 4.79 Å². The third-order valence-electron chi connectivity index (χ3n) is 5.17. The van der Waals surface area contributed by atoms with E-state index in [0.717, 1.165) is 48.7 Å². The fourth-order valence-electron chi connectivity index (χ4n) is 3.20. The van der Waals surface area contributed by atoms with Gasteiger partial charge < -0.3 is 9.47 Å². The van der Waals surface area contributed by atoms with Crippen molar-refractivity contribution in [2.24, 2.45) is 0 Å². The minimum absolute atomic E-state index is 0.0440. The molecule has 0 aliphatic carbocycles. The minimum atomic E-state index is -0.0440. The zero-order valence-corrected chi connectivity index (χ0v) is 19.7. The third-order valence-corrected chi connectivity index (χ3v) is 5.17. The molecule has 3 heteroatoms. The molecule has 0 heterocycles. The van der Waals surface area contributed by atoms with Crippen LogP contribution in [0.4, 0.5) is 0 Å². The number of rotatable bonds is 16. The van der Waals surface area contributed by atoms with Gasteiger partial charge in [-0.2, -0.15) is 0 Å². The van der Waals surface area contributed by atoms with Crippen molar-refractivity contribution in [3.05, 3.63) is 71.8 Å². The highest BCUT2D eigenvalue weighted by atomic mass is 16.5. The Morgan fingerprint density at radius 3 is 1.41 bits per heavy atom. The van der Waals surface area contributed by atoms with Crippen LogP contribution in [0.1, 0.15) is 76.3 Å². The molecule has 0 bridgehead atoms. The highest BCUT2D eigenvalue weighted by Gasteiger charge is 1.97. The van der Waals surface area contributed by atoms with E-state index in [1.54, 1.807) is 12.2 Å². The Morgan fingerprint density at radius 2 is 1.03 bits per heavy atom. The lowest BCUT2D eigenvalue weighted by molar-refractivity contribution is -0.110. The van der Waals surface area contributed by atoms with Crippen LogP contribution < -0.4 is 9.47 Å². The van der Waals surface area contributed by atoms with Crippen molar-refractivity contribution in [2.45, 2.75) is 65.2 Å². The molecule has 0 aromatic heterocycles. The van der Waals surface area contributed by atoms with Crippen molar-refractivity contribution in [3.8, 4) is 11.5 Å². The zero-order valence-electron chi connectivity index (χ0n) is 19.7. The second-order valence-electron chi connectivity index (χ2n) is 8.03. The molecule has 2 aromatic carbocycles. The van der Waals surface area contributed by atoms with E-state index in [1.807, 2.05) is 60.7 Å². The molecule has 0 saturated heterocycles. The molecule has 2 aromatic rings. The van der Waals surface area contributed by atoms with Crippen LogP contribution in [0.2, 0.25) is 0 Å². The predicted octanol–water partition coefficient (Wildman–Crippen LogP) is 7.90. The summed E-state index contributed by atoms with van der Waals surface area (Å²) in [6, 6.07) is 15.7.